The Labute approximate surface area is 111 Å². The van der Waals surface area contributed by atoms with Crippen LogP contribution < -0.4 is 4.74 Å². The summed E-state index contributed by atoms with van der Waals surface area (Å²) in [5.74, 6) is 1.56. The van der Waals surface area contributed by atoms with Crippen molar-refractivity contribution in [1.82, 2.24) is 0 Å². The summed E-state index contributed by atoms with van der Waals surface area (Å²) in [6.45, 7) is 0.679. The first-order valence-electron chi connectivity index (χ1n) is 5.72. The van der Waals surface area contributed by atoms with Crippen LogP contribution in [0.5, 0.6) is 5.75 Å². The molecule has 0 aliphatic carbocycles. The molecule has 4 heteroatoms. The number of hydrogen-bond acceptors (Lipinski definition) is 2. The summed E-state index contributed by atoms with van der Waals surface area (Å²) < 4.78 is 5.55. The first kappa shape index (κ1) is 12.7. The van der Waals surface area contributed by atoms with Crippen LogP contribution in [0.15, 0.2) is 12.1 Å². The van der Waals surface area contributed by atoms with E-state index in [2.05, 4.69) is 0 Å². The predicted molar refractivity (Wildman–Crippen MR) is 69.3 cm³/mol. The fourth-order valence-corrected chi connectivity index (χ4v) is 2.44. The average Bonchev–Trinajstić information content (AvgIpc) is 2.74. The standard InChI is InChI=1S/C13H14Cl2O2/c14-4-1-2-12(16)8-10-7-11(15)6-9-3-5-17-13(9)10/h6-7H,1-5,8H2. The van der Waals surface area contributed by atoms with Gasteiger partial charge >= 0.3 is 0 Å². The lowest BCUT2D eigenvalue weighted by molar-refractivity contribution is -0.118. The third-order valence-corrected chi connectivity index (χ3v) is 3.29. The molecule has 0 amide bonds. The second-order valence-electron chi connectivity index (χ2n) is 4.16. The second kappa shape index (κ2) is 5.74. The predicted octanol–water partition coefficient (Wildman–Crippen LogP) is 3.41. The molecule has 0 bridgehead atoms. The number of Topliss-reactive ketones (excluding diaryl/α,β-unsaturated/α-hetero) is 1. The van der Waals surface area contributed by atoms with Crippen LogP contribution in [0, 0.1) is 0 Å². The first-order valence-corrected chi connectivity index (χ1v) is 6.63. The molecule has 0 atom stereocenters. The summed E-state index contributed by atoms with van der Waals surface area (Å²) in [6, 6.07) is 3.74. The molecule has 0 spiro atoms. The fraction of sp³-hybridized carbons (Fsp3) is 0.462. The lowest BCUT2D eigenvalue weighted by atomic mass is 10.0. The zero-order chi connectivity index (χ0) is 12.3. The normalized spacial score (nSPS) is 13.3. The summed E-state index contributed by atoms with van der Waals surface area (Å²) in [6.07, 6.45) is 2.51. The molecule has 1 aliphatic heterocycles. The van der Waals surface area contributed by atoms with E-state index in [1.807, 2.05) is 12.1 Å². The van der Waals surface area contributed by atoms with Gasteiger partial charge in [0, 0.05) is 35.7 Å². The zero-order valence-corrected chi connectivity index (χ0v) is 11.0. The van der Waals surface area contributed by atoms with E-state index >= 15 is 0 Å². The molecule has 0 unspecified atom stereocenters. The maximum Gasteiger partial charge on any atom is 0.137 e. The smallest absolute Gasteiger partial charge is 0.137 e. The minimum Gasteiger partial charge on any atom is -0.493 e. The molecule has 0 radical (unpaired) electrons. The summed E-state index contributed by atoms with van der Waals surface area (Å²) in [4.78, 5) is 11.7. The quantitative estimate of drug-likeness (QED) is 0.768. The zero-order valence-electron chi connectivity index (χ0n) is 9.47. The number of hydrogen-bond donors (Lipinski definition) is 0. The van der Waals surface area contributed by atoms with Gasteiger partial charge in [0.2, 0.25) is 0 Å². The van der Waals surface area contributed by atoms with Crippen molar-refractivity contribution in [2.75, 3.05) is 12.5 Å². The molecular formula is C13H14Cl2O2. The largest absolute Gasteiger partial charge is 0.493 e. The van der Waals surface area contributed by atoms with E-state index in [0.29, 0.717) is 30.4 Å². The van der Waals surface area contributed by atoms with E-state index in [-0.39, 0.29) is 5.78 Å². The van der Waals surface area contributed by atoms with Crippen LogP contribution >= 0.6 is 23.2 Å². The van der Waals surface area contributed by atoms with Gasteiger partial charge in [0.25, 0.3) is 0 Å². The Kier molecular flexibility index (Phi) is 4.30. The molecule has 0 fully saturated rings. The van der Waals surface area contributed by atoms with E-state index in [0.717, 1.165) is 29.7 Å². The minimum atomic E-state index is 0.186. The van der Waals surface area contributed by atoms with Crippen LogP contribution in [0.4, 0.5) is 0 Å². The van der Waals surface area contributed by atoms with E-state index in [1.165, 1.54) is 0 Å². The molecule has 17 heavy (non-hydrogen) atoms. The average molecular weight is 273 g/mol. The fourth-order valence-electron chi connectivity index (χ4n) is 2.04. The molecule has 0 N–H and O–H groups in total. The molecule has 2 nitrogen and oxygen atoms in total. The van der Waals surface area contributed by atoms with Gasteiger partial charge in [-0.1, -0.05) is 11.6 Å². The maximum absolute atomic E-state index is 11.7. The van der Waals surface area contributed by atoms with Crippen LogP contribution in [0.1, 0.15) is 24.0 Å². The number of alkyl halides is 1. The Balaban J connectivity index is 2.13. The third-order valence-electron chi connectivity index (χ3n) is 2.80. The van der Waals surface area contributed by atoms with E-state index < -0.39 is 0 Å². The van der Waals surface area contributed by atoms with Gasteiger partial charge < -0.3 is 4.74 Å². The van der Waals surface area contributed by atoms with Gasteiger partial charge in [-0.2, -0.15) is 0 Å². The van der Waals surface area contributed by atoms with E-state index in [4.69, 9.17) is 27.9 Å². The van der Waals surface area contributed by atoms with Gasteiger partial charge in [0.1, 0.15) is 11.5 Å². The number of ketones is 1. The van der Waals surface area contributed by atoms with Crippen molar-refractivity contribution in [2.24, 2.45) is 0 Å². The van der Waals surface area contributed by atoms with Crippen LogP contribution in [0.3, 0.4) is 0 Å². The Morgan fingerprint density at radius 2 is 2.24 bits per heavy atom. The summed E-state index contributed by atoms with van der Waals surface area (Å²) in [5, 5.41) is 0.675. The number of halogens is 2. The molecule has 1 heterocycles. The number of benzene rings is 1. The maximum atomic E-state index is 11.7. The van der Waals surface area contributed by atoms with Crippen molar-refractivity contribution in [3.05, 3.63) is 28.3 Å². The van der Waals surface area contributed by atoms with Gasteiger partial charge in [0.05, 0.1) is 6.61 Å². The molecular weight excluding hydrogens is 259 g/mol. The Morgan fingerprint density at radius 3 is 3.00 bits per heavy atom. The van der Waals surface area contributed by atoms with E-state index in [9.17, 15) is 4.79 Å². The molecule has 92 valence electrons. The van der Waals surface area contributed by atoms with Crippen LogP contribution in [-0.2, 0) is 17.6 Å². The van der Waals surface area contributed by atoms with E-state index in [1.54, 1.807) is 0 Å². The highest BCUT2D eigenvalue weighted by Crippen LogP contribution is 2.33. The number of ether oxygens (including phenoxy) is 1. The topological polar surface area (TPSA) is 26.3 Å². The molecule has 0 saturated heterocycles. The van der Waals surface area contributed by atoms with Crippen LogP contribution in [0.25, 0.3) is 0 Å². The number of carbonyl (C=O) groups is 1. The van der Waals surface area contributed by atoms with Gasteiger partial charge in [-0.3, -0.25) is 4.79 Å². The third kappa shape index (κ3) is 3.14. The van der Waals surface area contributed by atoms with Gasteiger partial charge in [-0.05, 0) is 24.1 Å². The van der Waals surface area contributed by atoms with Gasteiger partial charge in [-0.25, -0.2) is 0 Å². The number of carbonyl (C=O) groups excluding carboxylic acids is 1. The first-order chi connectivity index (χ1) is 8.20. The minimum absolute atomic E-state index is 0.186. The molecule has 1 aromatic rings. The monoisotopic (exact) mass is 272 g/mol. The summed E-state index contributed by atoms with van der Waals surface area (Å²) >= 11 is 11.6. The Hall–Kier alpha value is -0.730. The lowest BCUT2D eigenvalue weighted by Crippen LogP contribution is -2.04. The molecule has 0 saturated carbocycles. The molecule has 1 aromatic carbocycles. The van der Waals surface area contributed by atoms with Crippen molar-refractivity contribution < 1.29 is 9.53 Å². The van der Waals surface area contributed by atoms with Crippen LogP contribution in [0.2, 0.25) is 5.02 Å². The van der Waals surface area contributed by atoms with Gasteiger partial charge in [0.15, 0.2) is 0 Å². The second-order valence-corrected chi connectivity index (χ2v) is 4.97. The van der Waals surface area contributed by atoms with Crippen molar-refractivity contribution in [3.8, 4) is 5.75 Å². The van der Waals surface area contributed by atoms with Crippen molar-refractivity contribution in [2.45, 2.75) is 25.7 Å². The molecule has 1 aliphatic rings. The van der Waals surface area contributed by atoms with Crippen molar-refractivity contribution in [3.63, 3.8) is 0 Å². The highest BCUT2D eigenvalue weighted by Gasteiger charge is 2.19. The summed E-state index contributed by atoms with van der Waals surface area (Å²) in [5.41, 5.74) is 2.02. The Morgan fingerprint density at radius 1 is 1.41 bits per heavy atom. The SMILES string of the molecule is O=C(CCCCl)Cc1cc(Cl)cc2c1OCC2. The molecule has 2 rings (SSSR count). The lowest BCUT2D eigenvalue weighted by Gasteiger charge is -2.08. The Bertz CT molecular complexity index is 430. The highest BCUT2D eigenvalue weighted by atomic mass is 35.5. The van der Waals surface area contributed by atoms with Crippen LogP contribution in [-0.4, -0.2) is 18.3 Å². The summed E-state index contributed by atoms with van der Waals surface area (Å²) in [7, 11) is 0. The highest BCUT2D eigenvalue weighted by molar-refractivity contribution is 6.30. The number of fused-ring (bicyclic) bond motifs is 1. The number of rotatable bonds is 5. The molecule has 0 aromatic heterocycles. The van der Waals surface area contributed by atoms with Crippen molar-refractivity contribution in [1.29, 1.82) is 0 Å². The van der Waals surface area contributed by atoms with Crippen molar-refractivity contribution >= 4 is 29.0 Å². The van der Waals surface area contributed by atoms with Gasteiger partial charge in [-0.15, -0.1) is 11.6 Å².